The fraction of sp³-hybridized carbons (Fsp3) is 0.400. The molecule has 2 aromatic carbocycles. The van der Waals surface area contributed by atoms with Crippen molar-refractivity contribution in [3.63, 3.8) is 0 Å². The Kier molecular flexibility index (Phi) is 6.65. The second-order valence-corrected chi connectivity index (χ2v) is 8.38. The molecule has 2 amide bonds. The minimum atomic E-state index is -0.0959. The number of nitrogens with one attached hydrogen (secondary N) is 2. The van der Waals surface area contributed by atoms with E-state index in [0.29, 0.717) is 18.5 Å². The van der Waals surface area contributed by atoms with Crippen LogP contribution in [0.1, 0.15) is 53.8 Å². The molecular weight excluding hydrogens is 388 g/mol. The SMILES string of the molecule is Cc1cccc(C(=O)NCCc2nc3ccccc3n2CC(=O)NC2CCCCC2)c1. The van der Waals surface area contributed by atoms with E-state index in [0.717, 1.165) is 35.3 Å². The average Bonchev–Trinajstić information content (AvgIpc) is 3.11. The lowest BCUT2D eigenvalue weighted by Gasteiger charge is -2.23. The summed E-state index contributed by atoms with van der Waals surface area (Å²) in [4.78, 5) is 29.9. The van der Waals surface area contributed by atoms with E-state index in [1.807, 2.05) is 60.0 Å². The van der Waals surface area contributed by atoms with Crippen LogP contribution in [-0.2, 0) is 17.8 Å². The summed E-state index contributed by atoms with van der Waals surface area (Å²) in [6.07, 6.45) is 6.32. The topological polar surface area (TPSA) is 76.0 Å². The molecule has 1 fully saturated rings. The molecule has 0 aliphatic heterocycles. The summed E-state index contributed by atoms with van der Waals surface area (Å²) in [5, 5.41) is 6.17. The average molecular weight is 419 g/mol. The van der Waals surface area contributed by atoms with Crippen LogP contribution < -0.4 is 10.6 Å². The number of carbonyl (C=O) groups excluding carboxylic acids is 2. The van der Waals surface area contributed by atoms with Gasteiger partial charge in [0.1, 0.15) is 12.4 Å². The van der Waals surface area contributed by atoms with Gasteiger partial charge < -0.3 is 15.2 Å². The van der Waals surface area contributed by atoms with Crippen LogP contribution in [0.15, 0.2) is 48.5 Å². The number of imidazole rings is 1. The van der Waals surface area contributed by atoms with Crippen molar-refractivity contribution in [2.24, 2.45) is 0 Å². The summed E-state index contributed by atoms with van der Waals surface area (Å²) in [5.41, 5.74) is 3.52. The van der Waals surface area contributed by atoms with E-state index < -0.39 is 0 Å². The number of hydrogen-bond acceptors (Lipinski definition) is 3. The number of aromatic nitrogens is 2. The number of fused-ring (bicyclic) bond motifs is 1. The normalized spacial score (nSPS) is 14.5. The molecule has 0 radical (unpaired) electrons. The highest BCUT2D eigenvalue weighted by Gasteiger charge is 2.18. The molecule has 0 bridgehead atoms. The minimum Gasteiger partial charge on any atom is -0.352 e. The number of rotatable bonds is 7. The maximum atomic E-state index is 12.7. The summed E-state index contributed by atoms with van der Waals surface area (Å²) in [5.74, 6) is 0.742. The van der Waals surface area contributed by atoms with Gasteiger partial charge in [-0.3, -0.25) is 9.59 Å². The van der Waals surface area contributed by atoms with Crippen molar-refractivity contribution >= 4 is 22.8 Å². The summed E-state index contributed by atoms with van der Waals surface area (Å²) < 4.78 is 1.98. The maximum Gasteiger partial charge on any atom is 0.251 e. The van der Waals surface area contributed by atoms with E-state index in [2.05, 4.69) is 10.6 Å². The lowest BCUT2D eigenvalue weighted by Crippen LogP contribution is -2.38. The van der Waals surface area contributed by atoms with Crippen LogP contribution in [0.4, 0.5) is 0 Å². The molecule has 2 N–H and O–H groups in total. The van der Waals surface area contributed by atoms with Crippen molar-refractivity contribution in [2.45, 2.75) is 58.0 Å². The second-order valence-electron chi connectivity index (χ2n) is 8.38. The van der Waals surface area contributed by atoms with Crippen molar-refractivity contribution in [2.75, 3.05) is 6.54 Å². The van der Waals surface area contributed by atoms with Gasteiger partial charge >= 0.3 is 0 Å². The number of aryl methyl sites for hydroxylation is 1. The Labute approximate surface area is 183 Å². The van der Waals surface area contributed by atoms with Gasteiger partial charge in [-0.1, -0.05) is 49.1 Å². The van der Waals surface area contributed by atoms with E-state index in [9.17, 15) is 9.59 Å². The van der Waals surface area contributed by atoms with Gasteiger partial charge in [0.25, 0.3) is 5.91 Å². The molecule has 1 saturated carbocycles. The Morgan fingerprint density at radius 1 is 1.06 bits per heavy atom. The third kappa shape index (κ3) is 5.32. The molecule has 31 heavy (non-hydrogen) atoms. The molecule has 1 aromatic heterocycles. The molecule has 162 valence electrons. The highest BCUT2D eigenvalue weighted by Crippen LogP contribution is 2.19. The molecule has 1 aliphatic carbocycles. The number of nitrogens with zero attached hydrogens (tertiary/aromatic N) is 2. The first-order chi connectivity index (χ1) is 15.1. The van der Waals surface area contributed by atoms with Crippen molar-refractivity contribution in [1.29, 1.82) is 0 Å². The van der Waals surface area contributed by atoms with Gasteiger partial charge in [-0.15, -0.1) is 0 Å². The van der Waals surface area contributed by atoms with Crippen LogP contribution in [0.5, 0.6) is 0 Å². The zero-order chi connectivity index (χ0) is 21.6. The molecule has 0 spiro atoms. The molecule has 1 heterocycles. The van der Waals surface area contributed by atoms with Gasteiger partial charge in [-0.2, -0.15) is 0 Å². The zero-order valence-electron chi connectivity index (χ0n) is 18.1. The molecule has 0 unspecified atom stereocenters. The van der Waals surface area contributed by atoms with Crippen LogP contribution in [-0.4, -0.2) is 34.0 Å². The van der Waals surface area contributed by atoms with Crippen molar-refractivity contribution in [1.82, 2.24) is 20.2 Å². The Morgan fingerprint density at radius 2 is 1.87 bits per heavy atom. The van der Waals surface area contributed by atoms with Crippen LogP contribution in [0.3, 0.4) is 0 Å². The Bertz CT molecular complexity index is 1070. The first-order valence-electron chi connectivity index (χ1n) is 11.2. The van der Waals surface area contributed by atoms with Crippen molar-refractivity contribution in [3.05, 3.63) is 65.5 Å². The summed E-state index contributed by atoms with van der Waals surface area (Å²) in [6.45, 7) is 2.68. The Morgan fingerprint density at radius 3 is 2.68 bits per heavy atom. The number of hydrogen-bond donors (Lipinski definition) is 2. The van der Waals surface area contributed by atoms with Crippen LogP contribution in [0.2, 0.25) is 0 Å². The third-order valence-corrected chi connectivity index (χ3v) is 5.92. The van der Waals surface area contributed by atoms with Crippen molar-refractivity contribution < 1.29 is 9.59 Å². The lowest BCUT2D eigenvalue weighted by molar-refractivity contribution is -0.122. The van der Waals surface area contributed by atoms with Crippen LogP contribution in [0.25, 0.3) is 11.0 Å². The predicted octanol–water partition coefficient (Wildman–Crippen LogP) is 3.77. The smallest absolute Gasteiger partial charge is 0.251 e. The predicted molar refractivity (Wildman–Crippen MR) is 122 cm³/mol. The highest BCUT2D eigenvalue weighted by molar-refractivity contribution is 5.94. The monoisotopic (exact) mass is 418 g/mol. The molecule has 3 aromatic rings. The molecular formula is C25H30N4O2. The first-order valence-corrected chi connectivity index (χ1v) is 11.2. The summed E-state index contributed by atoms with van der Waals surface area (Å²) in [7, 11) is 0. The van der Waals surface area contributed by atoms with Gasteiger partial charge in [-0.05, 0) is 44.0 Å². The van der Waals surface area contributed by atoms with Gasteiger partial charge in [-0.25, -0.2) is 4.98 Å². The van der Waals surface area contributed by atoms with Gasteiger partial charge in [0.2, 0.25) is 5.91 Å². The lowest BCUT2D eigenvalue weighted by atomic mass is 9.95. The fourth-order valence-corrected chi connectivity index (χ4v) is 4.33. The fourth-order valence-electron chi connectivity index (χ4n) is 4.33. The Balaban J connectivity index is 1.43. The van der Waals surface area contributed by atoms with Crippen LogP contribution in [0, 0.1) is 6.92 Å². The van der Waals surface area contributed by atoms with Gasteiger partial charge in [0.05, 0.1) is 11.0 Å². The number of amides is 2. The number of carbonyl (C=O) groups is 2. The highest BCUT2D eigenvalue weighted by atomic mass is 16.2. The summed E-state index contributed by atoms with van der Waals surface area (Å²) >= 11 is 0. The van der Waals surface area contributed by atoms with E-state index in [4.69, 9.17) is 4.98 Å². The molecule has 4 rings (SSSR count). The molecule has 0 atom stereocenters. The van der Waals surface area contributed by atoms with Crippen LogP contribution >= 0.6 is 0 Å². The van der Waals surface area contributed by atoms with E-state index in [-0.39, 0.29) is 24.4 Å². The number of benzene rings is 2. The van der Waals surface area contributed by atoms with Gasteiger partial charge in [0, 0.05) is 24.6 Å². The molecule has 1 aliphatic rings. The molecule has 0 saturated heterocycles. The van der Waals surface area contributed by atoms with Crippen molar-refractivity contribution in [3.8, 4) is 0 Å². The standard InChI is InChI=1S/C25H30N4O2/c1-18-8-7-9-19(16-18)25(31)26-15-14-23-28-21-12-5-6-13-22(21)29(23)17-24(30)27-20-10-3-2-4-11-20/h5-9,12-13,16,20H,2-4,10-11,14-15,17H2,1H3,(H,26,31)(H,27,30). The Hall–Kier alpha value is -3.15. The maximum absolute atomic E-state index is 12.7. The zero-order valence-corrected chi connectivity index (χ0v) is 18.1. The molecule has 6 heteroatoms. The van der Waals surface area contributed by atoms with E-state index >= 15 is 0 Å². The quantitative estimate of drug-likeness (QED) is 0.613. The molecule has 6 nitrogen and oxygen atoms in total. The van der Waals surface area contributed by atoms with E-state index in [1.54, 1.807) is 0 Å². The summed E-state index contributed by atoms with van der Waals surface area (Å²) in [6, 6.07) is 15.7. The first kappa shape index (κ1) is 21.1. The second kappa shape index (κ2) is 9.77. The minimum absolute atomic E-state index is 0.0279. The van der Waals surface area contributed by atoms with E-state index in [1.165, 1.54) is 19.3 Å². The number of para-hydroxylation sites is 2. The largest absolute Gasteiger partial charge is 0.352 e. The third-order valence-electron chi connectivity index (χ3n) is 5.92. The van der Waals surface area contributed by atoms with Gasteiger partial charge in [0.15, 0.2) is 0 Å².